The first kappa shape index (κ1) is 15.3. The molecule has 1 amide bonds. The lowest BCUT2D eigenvalue weighted by Crippen LogP contribution is -2.50. The van der Waals surface area contributed by atoms with Crippen molar-refractivity contribution in [2.75, 3.05) is 13.7 Å². The number of carbonyl (C=O) groups is 1. The first-order valence-electron chi connectivity index (χ1n) is 5.71. The van der Waals surface area contributed by atoms with Crippen LogP contribution in [0.3, 0.4) is 0 Å². The number of rotatable bonds is 2. The van der Waals surface area contributed by atoms with Crippen molar-refractivity contribution in [2.24, 2.45) is 0 Å². The minimum atomic E-state index is -4.87. The van der Waals surface area contributed by atoms with E-state index >= 15 is 0 Å². The van der Waals surface area contributed by atoms with Gasteiger partial charge < -0.3 is 14.8 Å². The minimum absolute atomic E-state index is 0.132. The summed E-state index contributed by atoms with van der Waals surface area (Å²) in [6, 6.07) is 0.447. The number of halogens is 5. The second-order valence-electron chi connectivity index (χ2n) is 4.37. The van der Waals surface area contributed by atoms with Crippen LogP contribution in [-0.2, 0) is 10.9 Å². The summed E-state index contributed by atoms with van der Waals surface area (Å²) in [5, 5.41) is 1.72. The summed E-state index contributed by atoms with van der Waals surface area (Å²) in [7, 11) is 1.15. The van der Waals surface area contributed by atoms with Crippen molar-refractivity contribution in [3.63, 3.8) is 0 Å². The van der Waals surface area contributed by atoms with Crippen LogP contribution >= 0.6 is 0 Å². The van der Waals surface area contributed by atoms with E-state index in [4.69, 9.17) is 0 Å². The maximum absolute atomic E-state index is 13.7. The predicted molar refractivity (Wildman–Crippen MR) is 60.2 cm³/mol. The highest BCUT2D eigenvalue weighted by Crippen LogP contribution is 2.42. The summed E-state index contributed by atoms with van der Waals surface area (Å²) in [5.41, 5.74) is -2.04. The molecular weight excluding hydrogens is 301 g/mol. The van der Waals surface area contributed by atoms with Crippen LogP contribution in [-0.4, -0.2) is 25.7 Å². The SMILES string of the molecule is COc1ccc([C@@H]2NC(=O)OCC2(F)F)c(C(F)(F)F)c1. The third-order valence-electron chi connectivity index (χ3n) is 2.96. The molecule has 1 N–H and O–H groups in total. The smallest absolute Gasteiger partial charge is 0.416 e. The Hall–Kier alpha value is -2.06. The van der Waals surface area contributed by atoms with Crippen molar-refractivity contribution in [1.29, 1.82) is 0 Å². The fourth-order valence-corrected chi connectivity index (χ4v) is 1.98. The van der Waals surface area contributed by atoms with Crippen LogP contribution in [0.1, 0.15) is 17.2 Å². The van der Waals surface area contributed by atoms with E-state index < -0.39 is 42.0 Å². The van der Waals surface area contributed by atoms with E-state index in [2.05, 4.69) is 9.47 Å². The highest BCUT2D eigenvalue weighted by atomic mass is 19.4. The van der Waals surface area contributed by atoms with E-state index in [-0.39, 0.29) is 5.75 Å². The molecule has 21 heavy (non-hydrogen) atoms. The molecule has 1 aliphatic heterocycles. The van der Waals surface area contributed by atoms with Crippen LogP contribution in [0.5, 0.6) is 5.75 Å². The predicted octanol–water partition coefficient (Wildman–Crippen LogP) is 3.13. The van der Waals surface area contributed by atoms with Crippen LogP contribution in [0, 0.1) is 0 Å². The van der Waals surface area contributed by atoms with E-state index in [0.29, 0.717) is 6.07 Å². The summed E-state index contributed by atoms with van der Waals surface area (Å²) in [6.45, 7) is -1.28. The third kappa shape index (κ3) is 3.01. The van der Waals surface area contributed by atoms with Gasteiger partial charge in [-0.25, -0.2) is 13.6 Å². The van der Waals surface area contributed by atoms with Crippen molar-refractivity contribution in [3.8, 4) is 5.75 Å². The topological polar surface area (TPSA) is 47.6 Å². The number of amides is 1. The number of alkyl halides is 5. The fourth-order valence-electron chi connectivity index (χ4n) is 1.98. The Morgan fingerprint density at radius 3 is 2.62 bits per heavy atom. The summed E-state index contributed by atoms with van der Waals surface area (Å²) >= 11 is 0. The quantitative estimate of drug-likeness (QED) is 0.854. The van der Waals surface area contributed by atoms with Gasteiger partial charge in [-0.3, -0.25) is 0 Å². The summed E-state index contributed by atoms with van der Waals surface area (Å²) in [4.78, 5) is 11.0. The number of hydrogen-bond donors (Lipinski definition) is 1. The molecule has 0 spiro atoms. The van der Waals surface area contributed by atoms with Gasteiger partial charge in [-0.2, -0.15) is 13.2 Å². The zero-order chi connectivity index (χ0) is 15.8. The number of alkyl carbamates (subject to hydrolysis) is 1. The number of cyclic esters (lactones) is 1. The van der Waals surface area contributed by atoms with Crippen LogP contribution in [0.25, 0.3) is 0 Å². The van der Waals surface area contributed by atoms with Gasteiger partial charge in [0.05, 0.1) is 12.7 Å². The van der Waals surface area contributed by atoms with Crippen LogP contribution in [0.2, 0.25) is 0 Å². The zero-order valence-electron chi connectivity index (χ0n) is 10.6. The van der Waals surface area contributed by atoms with Gasteiger partial charge in [0.15, 0.2) is 6.61 Å². The normalized spacial score (nSPS) is 21.4. The van der Waals surface area contributed by atoms with Gasteiger partial charge in [0, 0.05) is 0 Å². The van der Waals surface area contributed by atoms with Gasteiger partial charge >= 0.3 is 18.2 Å². The summed E-state index contributed by atoms with van der Waals surface area (Å²) < 4.78 is 75.3. The molecule has 1 saturated heterocycles. The maximum atomic E-state index is 13.7. The van der Waals surface area contributed by atoms with Crippen molar-refractivity contribution in [1.82, 2.24) is 5.32 Å². The Morgan fingerprint density at radius 2 is 2.05 bits per heavy atom. The monoisotopic (exact) mass is 311 g/mol. The standard InChI is InChI=1S/C12H10F5NO3/c1-20-6-2-3-7(8(4-6)12(15,16)17)9-11(13,14)5-21-10(19)18-9/h2-4,9H,5H2,1H3,(H,18,19)/t9-/m0/s1. The molecule has 0 bridgehead atoms. The summed E-state index contributed by atoms with van der Waals surface area (Å²) in [5.74, 6) is -3.80. The van der Waals surface area contributed by atoms with Gasteiger partial charge in [-0.15, -0.1) is 0 Å². The van der Waals surface area contributed by atoms with Gasteiger partial charge in [-0.05, 0) is 17.7 Å². The fraction of sp³-hybridized carbons (Fsp3) is 0.417. The Labute approximate surface area is 115 Å². The lowest BCUT2D eigenvalue weighted by atomic mass is 9.94. The highest BCUT2D eigenvalue weighted by Gasteiger charge is 2.50. The van der Waals surface area contributed by atoms with Crippen LogP contribution < -0.4 is 10.1 Å². The van der Waals surface area contributed by atoms with Gasteiger partial charge in [0.25, 0.3) is 0 Å². The zero-order valence-corrected chi connectivity index (χ0v) is 10.6. The first-order chi connectivity index (χ1) is 9.65. The second kappa shape index (κ2) is 5.05. The van der Waals surface area contributed by atoms with E-state index in [9.17, 15) is 26.7 Å². The van der Waals surface area contributed by atoms with E-state index in [1.165, 1.54) is 0 Å². The molecular formula is C12H10F5NO3. The molecule has 1 aromatic carbocycles. The largest absolute Gasteiger partial charge is 0.497 e. The molecule has 0 saturated carbocycles. The molecule has 1 aromatic rings. The lowest BCUT2D eigenvalue weighted by Gasteiger charge is -2.33. The number of hydrogen-bond acceptors (Lipinski definition) is 3. The average molecular weight is 311 g/mol. The highest BCUT2D eigenvalue weighted by molar-refractivity contribution is 5.69. The molecule has 4 nitrogen and oxygen atoms in total. The third-order valence-corrected chi connectivity index (χ3v) is 2.96. The van der Waals surface area contributed by atoms with Crippen molar-refractivity contribution in [2.45, 2.75) is 18.1 Å². The van der Waals surface area contributed by atoms with Crippen molar-refractivity contribution >= 4 is 6.09 Å². The van der Waals surface area contributed by atoms with E-state index in [1.54, 1.807) is 5.32 Å². The van der Waals surface area contributed by atoms with Crippen molar-refractivity contribution < 1.29 is 36.2 Å². The van der Waals surface area contributed by atoms with Gasteiger partial charge in [-0.1, -0.05) is 6.07 Å². The molecule has 0 unspecified atom stereocenters. The molecule has 1 atom stereocenters. The van der Waals surface area contributed by atoms with E-state index in [0.717, 1.165) is 19.2 Å². The number of methoxy groups -OCH3 is 1. The Bertz CT molecular complexity index is 558. The molecule has 1 aliphatic rings. The summed E-state index contributed by atoms with van der Waals surface area (Å²) in [6.07, 6.45) is -6.07. The molecule has 0 aliphatic carbocycles. The van der Waals surface area contributed by atoms with E-state index in [1.807, 2.05) is 0 Å². The molecule has 0 radical (unpaired) electrons. The number of carbonyl (C=O) groups excluding carboxylic acids is 1. The Kier molecular flexibility index (Phi) is 3.68. The van der Waals surface area contributed by atoms with Crippen LogP contribution in [0.4, 0.5) is 26.7 Å². The molecule has 9 heteroatoms. The Morgan fingerprint density at radius 1 is 1.38 bits per heavy atom. The first-order valence-corrected chi connectivity index (χ1v) is 5.71. The molecule has 116 valence electrons. The molecule has 0 aromatic heterocycles. The van der Waals surface area contributed by atoms with Gasteiger partial charge in [0.2, 0.25) is 0 Å². The maximum Gasteiger partial charge on any atom is 0.416 e. The second-order valence-corrected chi connectivity index (χ2v) is 4.37. The number of benzene rings is 1. The molecule has 2 rings (SSSR count). The van der Waals surface area contributed by atoms with Crippen LogP contribution in [0.15, 0.2) is 18.2 Å². The lowest BCUT2D eigenvalue weighted by molar-refractivity contribution is -0.141. The average Bonchev–Trinajstić information content (AvgIpc) is 2.40. The Balaban J connectivity index is 2.54. The van der Waals surface area contributed by atoms with Crippen molar-refractivity contribution in [3.05, 3.63) is 29.3 Å². The van der Waals surface area contributed by atoms with Gasteiger partial charge in [0.1, 0.15) is 11.8 Å². The number of nitrogens with one attached hydrogen (secondary N) is 1. The number of ether oxygens (including phenoxy) is 2. The molecule has 1 heterocycles. The minimum Gasteiger partial charge on any atom is -0.497 e. The molecule has 1 fully saturated rings.